The van der Waals surface area contributed by atoms with E-state index in [1.165, 1.54) is 10.9 Å². The van der Waals surface area contributed by atoms with E-state index >= 15 is 0 Å². The van der Waals surface area contributed by atoms with E-state index in [-0.39, 0.29) is 24.4 Å². The molecule has 10 heteroatoms. The molecule has 1 amide bonds. The number of primary amides is 1. The van der Waals surface area contributed by atoms with Crippen LogP contribution in [0.25, 0.3) is 0 Å². The fourth-order valence-electron chi connectivity index (χ4n) is 2.32. The van der Waals surface area contributed by atoms with Crippen molar-refractivity contribution in [3.63, 3.8) is 0 Å². The Bertz CT molecular complexity index is 571. The van der Waals surface area contributed by atoms with Gasteiger partial charge in [-0.05, 0) is 13.8 Å². The first-order valence-electron chi connectivity index (χ1n) is 7.50. The Morgan fingerprint density at radius 1 is 1.57 bits per heavy atom. The minimum atomic E-state index is -0.821. The van der Waals surface area contributed by atoms with Crippen LogP contribution in [0.1, 0.15) is 36.9 Å². The molecule has 1 fully saturated rings. The van der Waals surface area contributed by atoms with E-state index < -0.39 is 24.3 Å². The monoisotopic (exact) mass is 326 g/mol. The van der Waals surface area contributed by atoms with Gasteiger partial charge in [-0.3, -0.25) is 9.80 Å². The fraction of sp³-hybridized carbons (Fsp3) is 0.692. The lowest BCUT2D eigenvalue weighted by molar-refractivity contribution is -0.0478. The summed E-state index contributed by atoms with van der Waals surface area (Å²) in [6, 6.07) is 0. The molecule has 23 heavy (non-hydrogen) atoms. The third kappa shape index (κ3) is 3.66. The molecule has 1 aliphatic rings. The molecular weight excluding hydrogens is 304 g/mol. The topological polar surface area (TPSA) is 139 Å². The van der Waals surface area contributed by atoms with Crippen molar-refractivity contribution < 1.29 is 19.7 Å². The summed E-state index contributed by atoms with van der Waals surface area (Å²) in [4.78, 5) is 11.5. The maximum absolute atomic E-state index is 11.5. The van der Waals surface area contributed by atoms with Gasteiger partial charge in [0.1, 0.15) is 11.7 Å². The Labute approximate surface area is 133 Å². The van der Waals surface area contributed by atoms with E-state index in [1.807, 2.05) is 13.8 Å². The molecular formula is C13H22N6O4. The molecule has 2 heterocycles. The number of ether oxygens (including phenoxy) is 1. The summed E-state index contributed by atoms with van der Waals surface area (Å²) in [6.45, 7) is 4.86. The van der Waals surface area contributed by atoms with Crippen LogP contribution in [0.4, 0.5) is 5.82 Å². The first kappa shape index (κ1) is 17.3. The molecule has 10 nitrogen and oxygen atoms in total. The molecule has 0 saturated carbocycles. The summed E-state index contributed by atoms with van der Waals surface area (Å²) >= 11 is 0. The molecule has 1 aromatic rings. The van der Waals surface area contributed by atoms with E-state index in [0.717, 1.165) is 0 Å². The van der Waals surface area contributed by atoms with Crippen LogP contribution in [0, 0.1) is 0 Å². The van der Waals surface area contributed by atoms with E-state index in [0.29, 0.717) is 13.1 Å². The van der Waals surface area contributed by atoms with Gasteiger partial charge in [-0.1, -0.05) is 5.22 Å². The van der Waals surface area contributed by atoms with Crippen molar-refractivity contribution >= 4 is 11.7 Å². The third-order valence-corrected chi connectivity index (χ3v) is 3.69. The van der Waals surface area contributed by atoms with Crippen LogP contribution in [-0.4, -0.2) is 62.8 Å². The predicted octanol–water partition coefficient (Wildman–Crippen LogP) is -0.0368. The first-order valence-corrected chi connectivity index (χ1v) is 7.50. The SMILES string of the molecule is CCN(CC)/N=N/c1c(C(N)=O)cnn1[C@H]1C[C@H](O)[C@@H](CO)O1. The smallest absolute Gasteiger partial charge is 0.254 e. The lowest BCUT2D eigenvalue weighted by atomic mass is 10.2. The predicted molar refractivity (Wildman–Crippen MR) is 79.8 cm³/mol. The van der Waals surface area contributed by atoms with Gasteiger partial charge in [-0.2, -0.15) is 5.10 Å². The number of nitrogens with zero attached hydrogens (tertiary/aromatic N) is 5. The van der Waals surface area contributed by atoms with Crippen molar-refractivity contribution in [2.24, 2.45) is 16.1 Å². The molecule has 2 rings (SSSR count). The number of rotatable bonds is 7. The van der Waals surface area contributed by atoms with Gasteiger partial charge in [0.2, 0.25) is 0 Å². The molecule has 0 aliphatic carbocycles. The second-order valence-electron chi connectivity index (χ2n) is 5.13. The fourth-order valence-corrected chi connectivity index (χ4v) is 2.32. The van der Waals surface area contributed by atoms with Crippen molar-refractivity contribution in [1.29, 1.82) is 0 Å². The van der Waals surface area contributed by atoms with Crippen molar-refractivity contribution in [3.8, 4) is 0 Å². The number of aliphatic hydroxyl groups excluding tert-OH is 2. The van der Waals surface area contributed by atoms with E-state index in [1.54, 1.807) is 5.01 Å². The summed E-state index contributed by atoms with van der Waals surface area (Å²) in [6.07, 6.45) is -0.659. The highest BCUT2D eigenvalue weighted by molar-refractivity contribution is 5.96. The summed E-state index contributed by atoms with van der Waals surface area (Å²) < 4.78 is 6.89. The molecule has 1 aliphatic heterocycles. The van der Waals surface area contributed by atoms with E-state index in [9.17, 15) is 9.90 Å². The minimum absolute atomic E-state index is 0.117. The number of nitrogens with two attached hydrogens (primary N) is 1. The quantitative estimate of drug-likeness (QED) is 0.475. The Kier molecular flexibility index (Phi) is 5.64. The van der Waals surface area contributed by atoms with Crippen LogP contribution in [0.5, 0.6) is 0 Å². The number of hydrogen-bond donors (Lipinski definition) is 3. The average molecular weight is 326 g/mol. The highest BCUT2D eigenvalue weighted by Crippen LogP contribution is 2.33. The molecule has 4 N–H and O–H groups in total. The zero-order chi connectivity index (χ0) is 17.0. The number of carbonyl (C=O) groups excluding carboxylic acids is 1. The van der Waals surface area contributed by atoms with Gasteiger partial charge in [0, 0.05) is 19.5 Å². The largest absolute Gasteiger partial charge is 0.394 e. The second kappa shape index (κ2) is 7.49. The third-order valence-electron chi connectivity index (χ3n) is 3.69. The van der Waals surface area contributed by atoms with Gasteiger partial charge >= 0.3 is 0 Å². The maximum atomic E-state index is 11.5. The molecule has 1 saturated heterocycles. The highest BCUT2D eigenvalue weighted by atomic mass is 16.5. The lowest BCUT2D eigenvalue weighted by Gasteiger charge is -2.15. The van der Waals surface area contributed by atoms with Crippen LogP contribution in [0.2, 0.25) is 0 Å². The summed E-state index contributed by atoms with van der Waals surface area (Å²) in [5.74, 6) is -0.512. The Hall–Kier alpha value is -2.04. The minimum Gasteiger partial charge on any atom is -0.394 e. The number of aromatic nitrogens is 2. The van der Waals surface area contributed by atoms with E-state index in [4.69, 9.17) is 15.6 Å². The van der Waals surface area contributed by atoms with Crippen molar-refractivity contribution in [3.05, 3.63) is 11.8 Å². The highest BCUT2D eigenvalue weighted by Gasteiger charge is 2.36. The second-order valence-corrected chi connectivity index (χ2v) is 5.13. The molecule has 128 valence electrons. The summed E-state index contributed by atoms with van der Waals surface area (Å²) in [7, 11) is 0. The van der Waals surface area contributed by atoms with Gasteiger partial charge in [-0.25, -0.2) is 4.68 Å². The molecule has 0 radical (unpaired) electrons. The van der Waals surface area contributed by atoms with Gasteiger partial charge < -0.3 is 20.7 Å². The van der Waals surface area contributed by atoms with Crippen LogP contribution < -0.4 is 5.73 Å². The Morgan fingerprint density at radius 2 is 2.26 bits per heavy atom. The van der Waals surface area contributed by atoms with Crippen LogP contribution in [-0.2, 0) is 4.74 Å². The number of amides is 1. The van der Waals surface area contributed by atoms with Crippen LogP contribution >= 0.6 is 0 Å². The summed E-state index contributed by atoms with van der Waals surface area (Å²) in [5.41, 5.74) is 5.46. The maximum Gasteiger partial charge on any atom is 0.254 e. The molecule has 1 aromatic heterocycles. The molecule has 0 unspecified atom stereocenters. The molecule has 3 atom stereocenters. The Morgan fingerprint density at radius 3 is 2.78 bits per heavy atom. The van der Waals surface area contributed by atoms with Crippen LogP contribution in [0.15, 0.2) is 16.5 Å². The zero-order valence-corrected chi connectivity index (χ0v) is 13.2. The molecule has 0 aromatic carbocycles. The van der Waals surface area contributed by atoms with Crippen molar-refractivity contribution in [2.45, 2.75) is 38.7 Å². The van der Waals surface area contributed by atoms with Gasteiger partial charge in [-0.15, -0.1) is 5.11 Å². The van der Waals surface area contributed by atoms with Gasteiger partial charge in [0.25, 0.3) is 5.91 Å². The van der Waals surface area contributed by atoms with Crippen molar-refractivity contribution in [2.75, 3.05) is 19.7 Å². The van der Waals surface area contributed by atoms with Crippen molar-refractivity contribution in [1.82, 2.24) is 14.8 Å². The molecule has 0 spiro atoms. The number of aliphatic hydroxyl groups is 2. The van der Waals surface area contributed by atoms with Gasteiger partial charge in [0.15, 0.2) is 12.0 Å². The lowest BCUT2D eigenvalue weighted by Crippen LogP contribution is -2.24. The van der Waals surface area contributed by atoms with Crippen LogP contribution in [0.3, 0.4) is 0 Å². The molecule has 0 bridgehead atoms. The Balaban J connectivity index is 2.32. The average Bonchev–Trinajstić information content (AvgIpc) is 3.11. The first-order chi connectivity index (χ1) is 11.0. The van der Waals surface area contributed by atoms with E-state index in [2.05, 4.69) is 15.4 Å². The normalized spacial score (nSPS) is 24.4. The zero-order valence-electron chi connectivity index (χ0n) is 13.2. The number of carbonyl (C=O) groups is 1. The number of hydrogen-bond acceptors (Lipinski definition) is 7. The standard InChI is InChI=1S/C13H22N6O4/c1-3-18(4-2)17-16-13-8(12(14)22)6-15-19(13)11-5-9(21)10(7-20)23-11/h6,9-11,20-21H,3-5,7H2,1-2H3,(H2,14,22)/b17-16+/t9-,10+,11+/m0/s1. The van der Waals surface area contributed by atoms with Gasteiger partial charge in [0.05, 0.1) is 18.9 Å². The summed E-state index contributed by atoms with van der Waals surface area (Å²) in [5, 5.41) is 32.9.